The number of rotatable bonds is 2. The highest BCUT2D eigenvalue weighted by Gasteiger charge is 2.11. The molecule has 0 unspecified atom stereocenters. The molecule has 0 aliphatic heterocycles. The molecule has 2 aromatic rings. The summed E-state index contributed by atoms with van der Waals surface area (Å²) < 4.78 is 12.9. The van der Waals surface area contributed by atoms with Crippen molar-refractivity contribution in [3.8, 4) is 0 Å². The molecule has 0 heterocycles. The van der Waals surface area contributed by atoms with Gasteiger partial charge < -0.3 is 11.1 Å². The van der Waals surface area contributed by atoms with Crippen molar-refractivity contribution in [2.24, 2.45) is 0 Å². The van der Waals surface area contributed by atoms with Crippen LogP contribution in [0.2, 0.25) is 5.02 Å². The van der Waals surface area contributed by atoms with Gasteiger partial charge >= 0.3 is 0 Å². The average molecular weight is 265 g/mol. The number of nitrogens with one attached hydrogen (secondary N) is 1. The molecule has 0 saturated carbocycles. The van der Waals surface area contributed by atoms with E-state index in [0.29, 0.717) is 16.3 Å². The molecular weight excluding hydrogens is 255 g/mol. The van der Waals surface area contributed by atoms with E-state index in [2.05, 4.69) is 5.32 Å². The second kappa shape index (κ2) is 5.06. The molecule has 0 fully saturated rings. The highest BCUT2D eigenvalue weighted by molar-refractivity contribution is 6.34. The molecule has 3 N–H and O–H groups in total. The van der Waals surface area contributed by atoms with Crippen LogP contribution in [-0.2, 0) is 0 Å². The van der Waals surface area contributed by atoms with Crippen molar-refractivity contribution < 1.29 is 9.18 Å². The van der Waals surface area contributed by atoms with Gasteiger partial charge in [0.1, 0.15) is 5.82 Å². The number of halogens is 2. The molecule has 1 amide bonds. The van der Waals surface area contributed by atoms with Gasteiger partial charge in [-0.1, -0.05) is 23.7 Å². The number of nitrogens with two attached hydrogens (primary N) is 1. The molecule has 0 aromatic heterocycles. The van der Waals surface area contributed by atoms with Crippen molar-refractivity contribution in [2.75, 3.05) is 11.1 Å². The third-order valence-electron chi connectivity index (χ3n) is 2.38. The molecule has 92 valence electrons. The Bertz CT molecular complexity index is 601. The van der Waals surface area contributed by atoms with Crippen molar-refractivity contribution in [1.82, 2.24) is 0 Å². The molecule has 0 saturated heterocycles. The lowest BCUT2D eigenvalue weighted by atomic mass is 10.2. The smallest absolute Gasteiger partial charge is 0.257 e. The van der Waals surface area contributed by atoms with E-state index in [4.69, 9.17) is 17.3 Å². The number of benzene rings is 2. The highest BCUT2D eigenvalue weighted by atomic mass is 35.5. The monoisotopic (exact) mass is 264 g/mol. The topological polar surface area (TPSA) is 55.1 Å². The Morgan fingerprint density at radius 2 is 1.94 bits per heavy atom. The van der Waals surface area contributed by atoms with Crippen LogP contribution in [0.5, 0.6) is 0 Å². The van der Waals surface area contributed by atoms with E-state index in [0.717, 1.165) is 6.07 Å². The first-order valence-electron chi connectivity index (χ1n) is 5.19. The van der Waals surface area contributed by atoms with Crippen molar-refractivity contribution in [1.29, 1.82) is 0 Å². The average Bonchev–Trinajstić information content (AvgIpc) is 2.33. The SMILES string of the molecule is Nc1cc(F)ccc1NC(=O)c1ccccc1Cl. The largest absolute Gasteiger partial charge is 0.397 e. The van der Waals surface area contributed by atoms with E-state index in [1.54, 1.807) is 24.3 Å². The summed E-state index contributed by atoms with van der Waals surface area (Å²) >= 11 is 5.90. The summed E-state index contributed by atoms with van der Waals surface area (Å²) in [4.78, 5) is 11.9. The number of nitrogen functional groups attached to an aromatic ring is 1. The summed E-state index contributed by atoms with van der Waals surface area (Å²) in [6.07, 6.45) is 0. The molecule has 2 aromatic carbocycles. The molecule has 0 spiro atoms. The second-order valence-electron chi connectivity index (χ2n) is 3.67. The van der Waals surface area contributed by atoms with Gasteiger partial charge in [-0.05, 0) is 30.3 Å². The maximum Gasteiger partial charge on any atom is 0.257 e. The third kappa shape index (κ3) is 2.60. The van der Waals surface area contributed by atoms with Gasteiger partial charge in [-0.3, -0.25) is 4.79 Å². The summed E-state index contributed by atoms with van der Waals surface area (Å²) in [7, 11) is 0. The summed E-state index contributed by atoms with van der Waals surface area (Å²) in [5.74, 6) is -0.845. The lowest BCUT2D eigenvalue weighted by Crippen LogP contribution is -2.13. The van der Waals surface area contributed by atoms with Gasteiger partial charge in [0.15, 0.2) is 0 Å². The molecule has 3 nitrogen and oxygen atoms in total. The molecule has 0 radical (unpaired) electrons. The zero-order chi connectivity index (χ0) is 13.1. The Morgan fingerprint density at radius 1 is 1.22 bits per heavy atom. The van der Waals surface area contributed by atoms with Crippen LogP contribution in [0.15, 0.2) is 42.5 Å². The zero-order valence-corrected chi connectivity index (χ0v) is 10.0. The Morgan fingerprint density at radius 3 is 2.61 bits per heavy atom. The summed E-state index contributed by atoms with van der Waals surface area (Å²) in [6, 6.07) is 10.4. The number of hydrogen-bond donors (Lipinski definition) is 2. The van der Waals surface area contributed by atoms with E-state index in [1.165, 1.54) is 12.1 Å². The zero-order valence-electron chi connectivity index (χ0n) is 9.28. The van der Waals surface area contributed by atoms with Crippen LogP contribution >= 0.6 is 11.6 Å². The summed E-state index contributed by atoms with van der Waals surface area (Å²) in [5.41, 5.74) is 6.44. The van der Waals surface area contributed by atoms with Crippen LogP contribution < -0.4 is 11.1 Å². The Hall–Kier alpha value is -2.07. The maximum atomic E-state index is 12.9. The van der Waals surface area contributed by atoms with Crippen molar-refractivity contribution >= 4 is 28.9 Å². The van der Waals surface area contributed by atoms with Gasteiger partial charge in [0.2, 0.25) is 0 Å². The predicted molar refractivity (Wildman–Crippen MR) is 70.2 cm³/mol. The quantitative estimate of drug-likeness (QED) is 0.818. The van der Waals surface area contributed by atoms with Crippen LogP contribution in [-0.4, -0.2) is 5.91 Å². The fourth-order valence-corrected chi connectivity index (χ4v) is 1.70. The Kier molecular flexibility index (Phi) is 3.48. The number of amides is 1. The minimum absolute atomic E-state index is 0.162. The van der Waals surface area contributed by atoms with E-state index >= 15 is 0 Å². The van der Waals surface area contributed by atoms with Crippen LogP contribution in [0.1, 0.15) is 10.4 Å². The highest BCUT2D eigenvalue weighted by Crippen LogP contribution is 2.21. The Balaban J connectivity index is 2.24. The molecule has 0 aliphatic carbocycles. The number of carbonyl (C=O) groups excluding carboxylic acids is 1. The summed E-state index contributed by atoms with van der Waals surface area (Å²) in [5, 5.41) is 2.92. The minimum atomic E-state index is -0.455. The van der Waals surface area contributed by atoms with Gasteiger partial charge in [-0.25, -0.2) is 4.39 Å². The molecule has 18 heavy (non-hydrogen) atoms. The first-order valence-corrected chi connectivity index (χ1v) is 5.56. The molecule has 0 aliphatic rings. The molecule has 5 heteroatoms. The van der Waals surface area contributed by atoms with Crippen LogP contribution in [0.4, 0.5) is 15.8 Å². The fraction of sp³-hybridized carbons (Fsp3) is 0. The standard InChI is InChI=1S/C13H10ClFN2O/c14-10-4-2-1-3-9(10)13(18)17-12-6-5-8(15)7-11(12)16/h1-7H,16H2,(H,17,18). The number of carbonyl (C=O) groups is 1. The van der Waals surface area contributed by atoms with Crippen LogP contribution in [0, 0.1) is 5.82 Å². The van der Waals surface area contributed by atoms with Gasteiger partial charge in [0.05, 0.1) is 22.0 Å². The van der Waals surface area contributed by atoms with Gasteiger partial charge in [0.25, 0.3) is 5.91 Å². The maximum absolute atomic E-state index is 12.9. The lowest BCUT2D eigenvalue weighted by molar-refractivity contribution is 0.102. The molecular formula is C13H10ClFN2O. The second-order valence-corrected chi connectivity index (χ2v) is 4.07. The normalized spacial score (nSPS) is 10.1. The van der Waals surface area contributed by atoms with Gasteiger partial charge in [-0.2, -0.15) is 0 Å². The molecule has 2 rings (SSSR count). The first kappa shape index (κ1) is 12.4. The first-order chi connectivity index (χ1) is 8.58. The third-order valence-corrected chi connectivity index (χ3v) is 2.71. The Labute approximate surface area is 108 Å². The minimum Gasteiger partial charge on any atom is -0.397 e. The van der Waals surface area contributed by atoms with E-state index < -0.39 is 5.82 Å². The predicted octanol–water partition coefficient (Wildman–Crippen LogP) is 3.31. The van der Waals surface area contributed by atoms with Crippen LogP contribution in [0.3, 0.4) is 0 Å². The van der Waals surface area contributed by atoms with Crippen molar-refractivity contribution in [3.63, 3.8) is 0 Å². The van der Waals surface area contributed by atoms with E-state index in [9.17, 15) is 9.18 Å². The molecule has 0 atom stereocenters. The van der Waals surface area contributed by atoms with Gasteiger partial charge in [0, 0.05) is 0 Å². The number of anilines is 2. The van der Waals surface area contributed by atoms with Gasteiger partial charge in [-0.15, -0.1) is 0 Å². The van der Waals surface area contributed by atoms with E-state index in [1.807, 2.05) is 0 Å². The molecule has 0 bridgehead atoms. The number of hydrogen-bond acceptors (Lipinski definition) is 2. The fourth-order valence-electron chi connectivity index (χ4n) is 1.48. The van der Waals surface area contributed by atoms with E-state index in [-0.39, 0.29) is 11.6 Å². The van der Waals surface area contributed by atoms with Crippen LogP contribution in [0.25, 0.3) is 0 Å². The van der Waals surface area contributed by atoms with Crippen molar-refractivity contribution in [3.05, 3.63) is 58.9 Å². The van der Waals surface area contributed by atoms with Crippen molar-refractivity contribution in [2.45, 2.75) is 0 Å². The lowest BCUT2D eigenvalue weighted by Gasteiger charge is -2.09. The summed E-state index contributed by atoms with van der Waals surface area (Å²) in [6.45, 7) is 0.